The molecular formula is C19H18FN3O2. The van der Waals surface area contributed by atoms with Gasteiger partial charge in [0.15, 0.2) is 0 Å². The van der Waals surface area contributed by atoms with Crippen molar-refractivity contribution in [2.45, 2.75) is 12.3 Å². The number of nitrogen functional groups attached to an aromatic ring is 1. The fourth-order valence-corrected chi connectivity index (χ4v) is 3.00. The lowest BCUT2D eigenvalue weighted by molar-refractivity contribution is -0.0319. The van der Waals surface area contributed by atoms with Crippen molar-refractivity contribution in [2.75, 3.05) is 18.9 Å². The Balaban J connectivity index is 1.76. The Morgan fingerprint density at radius 3 is 2.68 bits per heavy atom. The van der Waals surface area contributed by atoms with E-state index in [1.54, 1.807) is 12.3 Å². The van der Waals surface area contributed by atoms with Gasteiger partial charge in [0.25, 0.3) is 0 Å². The van der Waals surface area contributed by atoms with Crippen LogP contribution >= 0.6 is 0 Å². The van der Waals surface area contributed by atoms with Crippen molar-refractivity contribution in [2.24, 2.45) is 0 Å². The van der Waals surface area contributed by atoms with Gasteiger partial charge in [0.2, 0.25) is 0 Å². The zero-order valence-corrected chi connectivity index (χ0v) is 13.4. The molecule has 4 N–H and O–H groups in total. The molecule has 25 heavy (non-hydrogen) atoms. The second-order valence-corrected chi connectivity index (χ2v) is 6.17. The first kappa shape index (κ1) is 16.0. The van der Waals surface area contributed by atoms with Crippen LogP contribution in [0.1, 0.15) is 11.8 Å². The lowest BCUT2D eigenvalue weighted by Gasteiger charge is -2.29. The number of nitrogens with one attached hydrogen (secondary N) is 1. The molecule has 0 saturated carbocycles. The van der Waals surface area contributed by atoms with Crippen LogP contribution < -0.4 is 11.1 Å². The van der Waals surface area contributed by atoms with Gasteiger partial charge in [-0.15, -0.1) is 0 Å². The summed E-state index contributed by atoms with van der Waals surface area (Å²) in [6.07, 6.45) is 0.723. The Bertz CT molecular complexity index is 928. The van der Waals surface area contributed by atoms with Crippen molar-refractivity contribution in [3.05, 3.63) is 60.0 Å². The topological polar surface area (TPSA) is 80.4 Å². The molecule has 4 rings (SSSR count). The van der Waals surface area contributed by atoms with Crippen LogP contribution in [0.3, 0.4) is 0 Å². The van der Waals surface area contributed by atoms with Gasteiger partial charge < -0.3 is 15.6 Å². The highest BCUT2D eigenvalue weighted by Gasteiger charge is 2.23. The number of benzene rings is 2. The molecule has 1 saturated heterocycles. The van der Waals surface area contributed by atoms with Crippen molar-refractivity contribution in [1.29, 1.82) is 0 Å². The molecule has 2 aromatic carbocycles. The Morgan fingerprint density at radius 2 is 1.96 bits per heavy atom. The first-order valence-corrected chi connectivity index (χ1v) is 8.08. The molecular weight excluding hydrogens is 321 g/mol. The second-order valence-electron chi connectivity index (χ2n) is 6.17. The summed E-state index contributed by atoms with van der Waals surface area (Å²) in [5.74, 6) is 0.0796. The predicted octanol–water partition coefficient (Wildman–Crippen LogP) is 2.60. The number of nitrogens with zero attached hydrogens (tertiary/aromatic N) is 1. The molecule has 0 bridgehead atoms. The number of rotatable bonds is 4. The summed E-state index contributed by atoms with van der Waals surface area (Å²) in [5, 5.41) is 15.1. The molecule has 0 spiro atoms. The van der Waals surface area contributed by atoms with Crippen LogP contribution in [0, 0.1) is 5.82 Å². The SMILES string of the molecule is Nc1ncc(C(O)NC2COC2)c2ccc(-c3cccc(F)c3)cc12. The molecule has 1 atom stereocenters. The van der Waals surface area contributed by atoms with Gasteiger partial charge in [0, 0.05) is 17.1 Å². The third kappa shape index (κ3) is 3.07. The largest absolute Gasteiger partial charge is 0.383 e. The highest BCUT2D eigenvalue weighted by molar-refractivity contribution is 5.96. The van der Waals surface area contributed by atoms with Crippen LogP contribution in [0.4, 0.5) is 10.2 Å². The molecule has 6 heteroatoms. The molecule has 1 aromatic heterocycles. The number of halogens is 1. The molecule has 1 aliphatic rings. The fourth-order valence-electron chi connectivity index (χ4n) is 3.00. The summed E-state index contributed by atoms with van der Waals surface area (Å²) >= 11 is 0. The smallest absolute Gasteiger partial charge is 0.133 e. The number of anilines is 1. The second kappa shape index (κ2) is 6.40. The summed E-state index contributed by atoms with van der Waals surface area (Å²) in [5.41, 5.74) is 8.29. The van der Waals surface area contributed by atoms with E-state index < -0.39 is 6.23 Å². The zero-order chi connectivity index (χ0) is 17.4. The number of hydrogen-bond acceptors (Lipinski definition) is 5. The summed E-state index contributed by atoms with van der Waals surface area (Å²) in [6, 6.07) is 12.2. The van der Waals surface area contributed by atoms with E-state index >= 15 is 0 Å². The minimum absolute atomic E-state index is 0.133. The number of pyridine rings is 1. The number of aliphatic hydroxyl groups excluding tert-OH is 1. The zero-order valence-electron chi connectivity index (χ0n) is 13.4. The standard InChI is InChI=1S/C19H18FN3O2/c20-13-3-1-2-11(6-13)12-4-5-15-16(7-12)18(21)22-8-17(15)19(24)23-14-9-25-10-14/h1-8,14,19,23-24H,9-10H2,(H2,21,22). The number of hydrogen-bond donors (Lipinski definition) is 3. The van der Waals surface area contributed by atoms with Gasteiger partial charge in [0.1, 0.15) is 17.9 Å². The molecule has 0 radical (unpaired) electrons. The summed E-state index contributed by atoms with van der Waals surface area (Å²) in [4.78, 5) is 4.20. The van der Waals surface area contributed by atoms with Crippen LogP contribution in [-0.2, 0) is 4.74 Å². The van der Waals surface area contributed by atoms with Gasteiger partial charge in [0.05, 0.1) is 19.3 Å². The van der Waals surface area contributed by atoms with Gasteiger partial charge >= 0.3 is 0 Å². The molecule has 1 unspecified atom stereocenters. The maximum atomic E-state index is 13.5. The number of fused-ring (bicyclic) bond motifs is 1. The van der Waals surface area contributed by atoms with Crippen molar-refractivity contribution in [1.82, 2.24) is 10.3 Å². The van der Waals surface area contributed by atoms with Gasteiger partial charge in [-0.1, -0.05) is 24.3 Å². The number of aliphatic hydroxyl groups is 1. The van der Waals surface area contributed by atoms with Crippen molar-refractivity contribution < 1.29 is 14.2 Å². The summed E-state index contributed by atoms with van der Waals surface area (Å²) in [7, 11) is 0. The highest BCUT2D eigenvalue weighted by atomic mass is 19.1. The first-order chi connectivity index (χ1) is 12.1. The van der Waals surface area contributed by atoms with E-state index in [1.165, 1.54) is 12.1 Å². The third-order valence-electron chi connectivity index (χ3n) is 4.43. The van der Waals surface area contributed by atoms with E-state index in [0.29, 0.717) is 24.6 Å². The molecule has 5 nitrogen and oxygen atoms in total. The minimum Gasteiger partial charge on any atom is -0.383 e. The van der Waals surface area contributed by atoms with Crippen LogP contribution in [0.5, 0.6) is 0 Å². The Morgan fingerprint density at radius 1 is 1.16 bits per heavy atom. The molecule has 0 amide bonds. The monoisotopic (exact) mass is 339 g/mol. The number of ether oxygens (including phenoxy) is 1. The highest BCUT2D eigenvalue weighted by Crippen LogP contribution is 2.31. The van der Waals surface area contributed by atoms with Crippen LogP contribution in [0.2, 0.25) is 0 Å². The average molecular weight is 339 g/mol. The lowest BCUT2D eigenvalue weighted by atomic mass is 9.99. The predicted molar refractivity (Wildman–Crippen MR) is 94.3 cm³/mol. The molecule has 128 valence electrons. The first-order valence-electron chi connectivity index (χ1n) is 8.08. The van der Waals surface area contributed by atoms with E-state index in [0.717, 1.165) is 21.9 Å². The molecule has 1 fully saturated rings. The van der Waals surface area contributed by atoms with Crippen LogP contribution in [0.15, 0.2) is 48.7 Å². The van der Waals surface area contributed by atoms with E-state index in [9.17, 15) is 9.50 Å². The maximum Gasteiger partial charge on any atom is 0.133 e. The fraction of sp³-hybridized carbons (Fsp3) is 0.211. The molecule has 3 aromatic rings. The van der Waals surface area contributed by atoms with E-state index in [-0.39, 0.29) is 11.9 Å². The number of aromatic nitrogens is 1. The molecule has 2 heterocycles. The molecule has 1 aliphatic heterocycles. The Hall–Kier alpha value is -2.54. The van der Waals surface area contributed by atoms with Crippen molar-refractivity contribution >= 4 is 16.6 Å². The van der Waals surface area contributed by atoms with Crippen LogP contribution in [-0.4, -0.2) is 29.3 Å². The quantitative estimate of drug-likeness (QED) is 0.637. The lowest BCUT2D eigenvalue weighted by Crippen LogP contribution is -2.47. The van der Waals surface area contributed by atoms with Gasteiger partial charge in [-0.3, -0.25) is 5.32 Å². The van der Waals surface area contributed by atoms with Crippen molar-refractivity contribution in [3.8, 4) is 11.1 Å². The van der Waals surface area contributed by atoms with E-state index in [4.69, 9.17) is 10.5 Å². The Kier molecular flexibility index (Phi) is 4.09. The minimum atomic E-state index is -0.857. The average Bonchev–Trinajstić information content (AvgIpc) is 2.58. The van der Waals surface area contributed by atoms with Crippen molar-refractivity contribution in [3.63, 3.8) is 0 Å². The summed E-state index contributed by atoms with van der Waals surface area (Å²) in [6.45, 7) is 1.17. The van der Waals surface area contributed by atoms with E-state index in [2.05, 4.69) is 10.3 Å². The molecule has 0 aliphatic carbocycles. The van der Waals surface area contributed by atoms with E-state index in [1.807, 2.05) is 24.3 Å². The normalized spacial score (nSPS) is 15.9. The maximum absolute atomic E-state index is 13.5. The van der Waals surface area contributed by atoms with Crippen LogP contribution in [0.25, 0.3) is 21.9 Å². The van der Waals surface area contributed by atoms with Gasteiger partial charge in [-0.05, 0) is 34.7 Å². The van der Waals surface area contributed by atoms with Gasteiger partial charge in [-0.2, -0.15) is 0 Å². The van der Waals surface area contributed by atoms with Gasteiger partial charge in [-0.25, -0.2) is 9.37 Å². The Labute approximate surface area is 144 Å². The summed E-state index contributed by atoms with van der Waals surface area (Å²) < 4.78 is 18.6. The number of nitrogens with two attached hydrogens (primary N) is 1. The third-order valence-corrected chi connectivity index (χ3v) is 4.43.